The van der Waals surface area contributed by atoms with Crippen molar-refractivity contribution in [2.45, 2.75) is 44.5 Å². The van der Waals surface area contributed by atoms with Gasteiger partial charge in [-0.15, -0.1) is 0 Å². The summed E-state index contributed by atoms with van der Waals surface area (Å²) in [6, 6.07) is 18.9. The summed E-state index contributed by atoms with van der Waals surface area (Å²) in [7, 11) is 0. The van der Waals surface area contributed by atoms with Crippen LogP contribution in [0.25, 0.3) is 0 Å². The molecule has 6 rings (SSSR count). The monoisotopic (exact) mass is 556 g/mol. The van der Waals surface area contributed by atoms with Gasteiger partial charge >= 0.3 is 12.2 Å². The van der Waals surface area contributed by atoms with Crippen LogP contribution in [0.1, 0.15) is 24.0 Å². The Kier molecular flexibility index (Phi) is 8.63. The summed E-state index contributed by atoms with van der Waals surface area (Å²) in [6.07, 6.45) is -3.65. The molecule has 10 heteroatoms. The predicted octanol–water partition coefficient (Wildman–Crippen LogP) is 4.16. The van der Waals surface area contributed by atoms with Gasteiger partial charge in [-0.05, 0) is 35.8 Å². The van der Waals surface area contributed by atoms with Gasteiger partial charge in [-0.3, -0.25) is 4.79 Å². The van der Waals surface area contributed by atoms with Crippen LogP contribution in [-0.2, 0) is 27.5 Å². The molecule has 0 unspecified atom stereocenters. The number of likely N-dealkylation sites (tertiary alicyclic amines) is 2. The first kappa shape index (κ1) is 28.0. The third-order valence-electron chi connectivity index (χ3n) is 8.38. The molecule has 4 aliphatic rings. The van der Waals surface area contributed by atoms with E-state index in [1.807, 2.05) is 60.7 Å². The molecule has 0 radical (unpaired) electrons. The molecule has 2 amide bonds. The van der Waals surface area contributed by atoms with E-state index in [-0.39, 0.29) is 61.7 Å². The lowest BCUT2D eigenvalue weighted by Gasteiger charge is -2.19. The zero-order chi connectivity index (χ0) is 28.2. The molecule has 2 aliphatic heterocycles. The van der Waals surface area contributed by atoms with Gasteiger partial charge in [0.15, 0.2) is 12.0 Å². The van der Waals surface area contributed by atoms with Gasteiger partial charge in [-0.2, -0.15) is 0 Å². The zero-order valence-corrected chi connectivity index (χ0v) is 22.1. The maximum absolute atomic E-state index is 13.4. The molecule has 40 heavy (non-hydrogen) atoms. The zero-order valence-electron chi connectivity index (χ0n) is 22.1. The highest BCUT2D eigenvalue weighted by atomic mass is 19.1. The fourth-order valence-electron chi connectivity index (χ4n) is 6.20. The number of ketones is 1. The number of hydrogen-bond donors (Lipinski definition) is 1. The number of amides is 2. The highest BCUT2D eigenvalue weighted by Crippen LogP contribution is 2.40. The maximum Gasteiger partial charge on any atom is 0.410 e. The number of aliphatic hydroxyl groups excluding tert-OH is 1. The van der Waals surface area contributed by atoms with Gasteiger partial charge in [0.25, 0.3) is 0 Å². The minimum absolute atomic E-state index is 0.0400. The number of hydrogen-bond acceptors (Lipinski definition) is 6. The maximum atomic E-state index is 13.4. The number of benzene rings is 2. The van der Waals surface area contributed by atoms with Crippen molar-refractivity contribution in [1.29, 1.82) is 0 Å². The third-order valence-corrected chi connectivity index (χ3v) is 8.38. The summed E-state index contributed by atoms with van der Waals surface area (Å²) in [6.45, 7) is 2.03. The fourth-order valence-corrected chi connectivity index (χ4v) is 6.20. The van der Waals surface area contributed by atoms with E-state index in [4.69, 9.17) is 9.47 Å². The van der Waals surface area contributed by atoms with Gasteiger partial charge in [0, 0.05) is 38.0 Å². The van der Waals surface area contributed by atoms with Gasteiger partial charge < -0.3 is 24.4 Å². The Morgan fingerprint density at radius 1 is 0.775 bits per heavy atom. The van der Waals surface area contributed by atoms with E-state index in [1.165, 1.54) is 4.90 Å². The fraction of sp³-hybridized carbons (Fsp3) is 0.500. The number of carbonyl (C=O) groups is 3. The van der Waals surface area contributed by atoms with Crippen LogP contribution in [0.15, 0.2) is 60.7 Å². The van der Waals surface area contributed by atoms with Crippen molar-refractivity contribution in [3.63, 3.8) is 0 Å². The lowest BCUT2D eigenvalue weighted by molar-refractivity contribution is -0.124. The predicted molar refractivity (Wildman–Crippen MR) is 140 cm³/mol. The molecular formula is C30H34F2N2O6. The van der Waals surface area contributed by atoms with Crippen LogP contribution < -0.4 is 0 Å². The van der Waals surface area contributed by atoms with Crippen molar-refractivity contribution in [2.24, 2.45) is 23.7 Å². The van der Waals surface area contributed by atoms with Gasteiger partial charge in [-0.25, -0.2) is 18.4 Å². The molecule has 2 aromatic carbocycles. The minimum Gasteiger partial charge on any atom is -0.445 e. The van der Waals surface area contributed by atoms with Crippen LogP contribution >= 0.6 is 0 Å². The van der Waals surface area contributed by atoms with Crippen LogP contribution in [0.3, 0.4) is 0 Å². The van der Waals surface area contributed by atoms with E-state index >= 15 is 0 Å². The van der Waals surface area contributed by atoms with Crippen molar-refractivity contribution >= 4 is 18.0 Å². The second-order valence-corrected chi connectivity index (χ2v) is 11.0. The van der Waals surface area contributed by atoms with Crippen molar-refractivity contribution in [3.8, 4) is 0 Å². The molecule has 8 nitrogen and oxygen atoms in total. The molecule has 2 aromatic rings. The highest BCUT2D eigenvalue weighted by molar-refractivity contribution is 5.89. The Hall–Kier alpha value is -3.53. The molecule has 2 saturated heterocycles. The van der Waals surface area contributed by atoms with Crippen molar-refractivity contribution in [2.75, 3.05) is 26.2 Å². The Morgan fingerprint density at radius 2 is 1.30 bits per heavy atom. The summed E-state index contributed by atoms with van der Waals surface area (Å²) in [5, 5.41) is 9.72. The molecule has 2 aliphatic carbocycles. The Morgan fingerprint density at radius 3 is 1.82 bits per heavy atom. The molecule has 1 N–H and O–H groups in total. The molecule has 0 aromatic heterocycles. The lowest BCUT2D eigenvalue weighted by Crippen LogP contribution is -2.33. The van der Waals surface area contributed by atoms with E-state index in [2.05, 4.69) is 0 Å². The Balaban J connectivity index is 0.000000161. The van der Waals surface area contributed by atoms with Crippen LogP contribution in [0.4, 0.5) is 18.4 Å². The van der Waals surface area contributed by atoms with Crippen molar-refractivity contribution in [1.82, 2.24) is 9.80 Å². The number of carbonyl (C=O) groups excluding carboxylic acids is 3. The second-order valence-electron chi connectivity index (χ2n) is 11.0. The van der Waals surface area contributed by atoms with Crippen molar-refractivity contribution in [3.05, 3.63) is 71.8 Å². The number of nitrogens with zero attached hydrogens (tertiary/aromatic N) is 2. The molecule has 0 bridgehead atoms. The number of Topliss-reactive ketones (excluding diaryl/α,β-unsaturated/α-hetero) is 1. The largest absolute Gasteiger partial charge is 0.445 e. The van der Waals surface area contributed by atoms with Crippen LogP contribution in [0, 0.1) is 23.7 Å². The lowest BCUT2D eigenvalue weighted by atomic mass is 10.00. The number of rotatable bonds is 4. The van der Waals surface area contributed by atoms with E-state index < -0.39 is 24.5 Å². The molecule has 2 heterocycles. The van der Waals surface area contributed by atoms with Crippen LogP contribution in [0.2, 0.25) is 0 Å². The van der Waals surface area contributed by atoms with Gasteiger partial charge in [0.05, 0.1) is 6.10 Å². The topological polar surface area (TPSA) is 96.4 Å². The molecule has 2 saturated carbocycles. The number of halogens is 2. The smallest absolute Gasteiger partial charge is 0.410 e. The average Bonchev–Trinajstić information content (AvgIpc) is 3.71. The third kappa shape index (κ3) is 6.27. The van der Waals surface area contributed by atoms with E-state index in [9.17, 15) is 28.3 Å². The highest BCUT2D eigenvalue weighted by Gasteiger charge is 2.50. The molecule has 214 valence electrons. The molecular weight excluding hydrogens is 522 g/mol. The molecule has 7 atom stereocenters. The normalized spacial score (nSPS) is 30.4. The number of aliphatic hydroxyl groups is 1. The average molecular weight is 557 g/mol. The summed E-state index contributed by atoms with van der Waals surface area (Å²) < 4.78 is 37.1. The molecule has 0 spiro atoms. The first-order chi connectivity index (χ1) is 19.3. The number of alkyl halides is 2. The van der Waals surface area contributed by atoms with Gasteiger partial charge in [0.1, 0.15) is 19.4 Å². The number of ether oxygens (including phenoxy) is 2. The standard InChI is InChI=1S/C15H18FNO3.C15H16FNO3/c2*16-13-6-11-7-17(8-12(11)14(13)18)15(19)20-9-10-4-2-1-3-5-10/h1-5,11-14,18H,6-9H2;1-5,11-13H,6-9H2/t11-,12+,13+,14+;11-,12+,13+/m00/s1. The summed E-state index contributed by atoms with van der Waals surface area (Å²) in [5.74, 6) is -0.817. The quantitative estimate of drug-likeness (QED) is 0.608. The van der Waals surface area contributed by atoms with Gasteiger partial charge in [-0.1, -0.05) is 60.7 Å². The first-order valence-electron chi connectivity index (χ1n) is 13.7. The Bertz CT molecular complexity index is 1190. The second kappa shape index (κ2) is 12.3. The van der Waals surface area contributed by atoms with Crippen molar-refractivity contribution < 1.29 is 37.7 Å². The minimum atomic E-state index is -1.34. The first-order valence-corrected chi connectivity index (χ1v) is 13.7. The summed E-state index contributed by atoms with van der Waals surface area (Å²) >= 11 is 0. The number of fused-ring (bicyclic) bond motifs is 2. The molecule has 4 fully saturated rings. The van der Waals surface area contributed by atoms with E-state index in [0.717, 1.165) is 11.1 Å². The summed E-state index contributed by atoms with van der Waals surface area (Å²) in [5.41, 5.74) is 1.85. The van der Waals surface area contributed by atoms with Crippen LogP contribution in [0.5, 0.6) is 0 Å². The Labute approximate surface area is 231 Å². The van der Waals surface area contributed by atoms with E-state index in [1.54, 1.807) is 4.90 Å². The van der Waals surface area contributed by atoms with E-state index in [0.29, 0.717) is 26.1 Å². The van der Waals surface area contributed by atoms with Crippen LogP contribution in [-0.4, -0.2) is 77.5 Å². The summed E-state index contributed by atoms with van der Waals surface area (Å²) in [4.78, 5) is 38.6. The SMILES string of the molecule is O=C(OCc1ccccc1)N1C[C@@H]2C[C@@H](F)[C@H](O)[C@@H]2C1.O=C1[C@H](F)C[C@H]2CN(C(=O)OCc3ccccc3)C[C@@H]12. The van der Waals surface area contributed by atoms with Gasteiger partial charge in [0.2, 0.25) is 0 Å².